The van der Waals surface area contributed by atoms with E-state index < -0.39 is 20.8 Å². The molecule has 0 aliphatic carbocycles. The van der Waals surface area contributed by atoms with Gasteiger partial charge in [0.15, 0.2) is 5.12 Å². The van der Waals surface area contributed by atoms with Crippen molar-refractivity contribution in [2.24, 2.45) is 0 Å². The first-order chi connectivity index (χ1) is 13.1. The largest absolute Gasteiger partial charge is 0.524 e. The number of hydrogen-bond donors (Lipinski definition) is 4. The highest BCUT2D eigenvalue weighted by Crippen LogP contribution is 2.48. The molecule has 1 aromatic rings. The minimum Gasteiger partial charge on any atom is -0.493 e. The number of rotatable bonds is 10. The molecule has 0 heterocycles. The molecule has 0 saturated carbocycles. The van der Waals surface area contributed by atoms with Crippen molar-refractivity contribution in [2.75, 3.05) is 19.0 Å². The topological polar surface area (TPSA) is 151 Å². The smallest absolute Gasteiger partial charge is 0.493 e. The van der Waals surface area contributed by atoms with Crippen LogP contribution in [0.4, 0.5) is 0 Å². The van der Waals surface area contributed by atoms with Gasteiger partial charge >= 0.3 is 15.4 Å². The quantitative estimate of drug-likeness (QED) is 0.296. The standard InChI is InChI=1S/C17H28O9P2S/c1-11-9-13(26-28(22,23)24)15(17(3,4)10-14(18)29-5)12(2)16(11)25-7-6-8-27(19,20)21/h9H,6-8,10H2,1-5H3,(H2,19,20,21)(H2,22,23,24). The fourth-order valence-electron chi connectivity index (χ4n) is 3.16. The van der Waals surface area contributed by atoms with Gasteiger partial charge in [-0.25, -0.2) is 4.57 Å². The summed E-state index contributed by atoms with van der Waals surface area (Å²) in [6.45, 7) is 6.95. The molecule has 0 aliphatic rings. The first-order valence-corrected chi connectivity index (χ1v) is 13.3. The van der Waals surface area contributed by atoms with Crippen LogP contribution in [-0.4, -0.2) is 43.7 Å². The number of phosphoric acid groups is 1. The zero-order valence-corrected chi connectivity index (χ0v) is 19.6. The lowest BCUT2D eigenvalue weighted by Gasteiger charge is -2.30. The second-order valence-electron chi connectivity index (χ2n) is 7.33. The Morgan fingerprint density at radius 2 is 1.76 bits per heavy atom. The van der Waals surface area contributed by atoms with E-state index in [2.05, 4.69) is 0 Å². The van der Waals surface area contributed by atoms with E-state index in [-0.39, 0.29) is 36.5 Å². The number of thioether (sulfide) groups is 1. The molecule has 0 atom stereocenters. The van der Waals surface area contributed by atoms with E-state index in [1.54, 1.807) is 34.0 Å². The molecule has 0 spiro atoms. The summed E-state index contributed by atoms with van der Waals surface area (Å²) in [5, 5.41) is -0.0961. The van der Waals surface area contributed by atoms with Crippen molar-refractivity contribution >= 4 is 32.3 Å². The average Bonchev–Trinajstić information content (AvgIpc) is 2.50. The molecule has 0 amide bonds. The number of aryl methyl sites for hydroxylation is 1. The second-order valence-corrected chi connectivity index (χ2v) is 11.1. The maximum Gasteiger partial charge on any atom is 0.524 e. The number of carbonyl (C=O) groups is 1. The van der Waals surface area contributed by atoms with E-state index in [9.17, 15) is 23.7 Å². The minimum absolute atomic E-state index is 0.0326. The van der Waals surface area contributed by atoms with E-state index in [0.717, 1.165) is 11.8 Å². The van der Waals surface area contributed by atoms with Crippen LogP contribution in [0, 0.1) is 13.8 Å². The Morgan fingerprint density at radius 1 is 1.17 bits per heavy atom. The Kier molecular flexibility index (Phi) is 8.99. The molecule has 0 aromatic heterocycles. The van der Waals surface area contributed by atoms with Crippen molar-refractivity contribution < 1.29 is 42.8 Å². The SMILES string of the molecule is CSC(=O)CC(C)(C)c1c(OP(=O)(O)O)cc(C)c(OCCCP(=O)(O)O)c1C. The Hall–Kier alpha value is -0.860. The van der Waals surface area contributed by atoms with Gasteiger partial charge in [0.25, 0.3) is 0 Å². The molecule has 0 bridgehead atoms. The van der Waals surface area contributed by atoms with Crippen molar-refractivity contribution in [1.29, 1.82) is 0 Å². The summed E-state index contributed by atoms with van der Waals surface area (Å²) in [6, 6.07) is 1.44. The van der Waals surface area contributed by atoms with Crippen LogP contribution >= 0.6 is 27.2 Å². The van der Waals surface area contributed by atoms with Crippen LogP contribution in [0.15, 0.2) is 6.07 Å². The van der Waals surface area contributed by atoms with E-state index in [1.807, 2.05) is 0 Å². The van der Waals surface area contributed by atoms with Gasteiger partial charge in [0, 0.05) is 17.4 Å². The number of hydrogen-bond acceptors (Lipinski definition) is 6. The molecule has 29 heavy (non-hydrogen) atoms. The molecule has 0 aliphatic heterocycles. The van der Waals surface area contributed by atoms with Gasteiger partial charge in [-0.2, -0.15) is 0 Å². The van der Waals surface area contributed by atoms with Gasteiger partial charge in [-0.15, -0.1) is 0 Å². The highest BCUT2D eigenvalue weighted by molar-refractivity contribution is 8.13. The minimum atomic E-state index is -4.84. The van der Waals surface area contributed by atoms with E-state index in [4.69, 9.17) is 19.0 Å². The van der Waals surface area contributed by atoms with Crippen molar-refractivity contribution in [3.63, 3.8) is 0 Å². The Labute approximate surface area is 174 Å². The van der Waals surface area contributed by atoms with Crippen molar-refractivity contribution in [2.45, 2.75) is 46.0 Å². The molecule has 4 N–H and O–H groups in total. The Morgan fingerprint density at radius 3 is 2.24 bits per heavy atom. The predicted molar refractivity (Wildman–Crippen MR) is 112 cm³/mol. The number of carbonyl (C=O) groups excluding carboxylic acids is 1. The van der Waals surface area contributed by atoms with Crippen molar-refractivity contribution in [1.82, 2.24) is 0 Å². The van der Waals surface area contributed by atoms with E-state index >= 15 is 0 Å². The first-order valence-electron chi connectivity index (χ1n) is 8.71. The van der Waals surface area contributed by atoms with Crippen LogP contribution < -0.4 is 9.26 Å². The van der Waals surface area contributed by atoms with Gasteiger partial charge in [-0.05, 0) is 43.7 Å². The molecular formula is C17H28O9P2S. The third-order valence-electron chi connectivity index (χ3n) is 4.22. The summed E-state index contributed by atoms with van der Waals surface area (Å²) >= 11 is 1.06. The molecule has 1 rings (SSSR count). The maximum atomic E-state index is 12.0. The van der Waals surface area contributed by atoms with Crippen LogP contribution in [0.25, 0.3) is 0 Å². The zero-order chi connectivity index (χ0) is 22.6. The van der Waals surface area contributed by atoms with Gasteiger partial charge in [0.1, 0.15) is 11.5 Å². The highest BCUT2D eigenvalue weighted by Gasteiger charge is 2.33. The monoisotopic (exact) mass is 470 g/mol. The van der Waals surface area contributed by atoms with Crippen LogP contribution in [0.5, 0.6) is 11.5 Å². The third-order valence-corrected chi connectivity index (χ3v) is 6.15. The fraction of sp³-hybridized carbons (Fsp3) is 0.588. The summed E-state index contributed by atoms with van der Waals surface area (Å²) in [5.74, 6) is 0.392. The average molecular weight is 470 g/mol. The van der Waals surface area contributed by atoms with Crippen LogP contribution in [0.1, 0.15) is 43.4 Å². The molecule has 0 unspecified atom stereocenters. The molecule has 9 nitrogen and oxygen atoms in total. The molecule has 12 heteroatoms. The van der Waals surface area contributed by atoms with E-state index in [1.165, 1.54) is 6.07 Å². The number of ether oxygens (including phenoxy) is 1. The number of benzene rings is 1. The lowest BCUT2D eigenvalue weighted by molar-refractivity contribution is -0.111. The predicted octanol–water partition coefficient (Wildman–Crippen LogP) is 3.28. The Bertz CT molecular complexity index is 842. The van der Waals surface area contributed by atoms with Gasteiger partial charge in [-0.1, -0.05) is 25.6 Å². The van der Waals surface area contributed by atoms with Gasteiger partial charge < -0.3 is 19.0 Å². The summed E-state index contributed by atoms with van der Waals surface area (Å²) < 4.78 is 33.1. The fourth-order valence-corrected chi connectivity index (χ4v) is 4.60. The molecule has 0 fully saturated rings. The van der Waals surface area contributed by atoms with Crippen molar-refractivity contribution in [3.8, 4) is 11.5 Å². The summed E-state index contributed by atoms with van der Waals surface area (Å²) in [6.07, 6.45) is 1.58. The molecule has 1 aromatic carbocycles. The zero-order valence-electron chi connectivity index (χ0n) is 17.0. The third kappa shape index (κ3) is 8.42. The van der Waals surface area contributed by atoms with Gasteiger partial charge in [0.05, 0.1) is 12.8 Å². The van der Waals surface area contributed by atoms with Gasteiger partial charge in [0.2, 0.25) is 0 Å². The first kappa shape index (κ1) is 26.2. The summed E-state index contributed by atoms with van der Waals surface area (Å²) in [7, 11) is -8.97. The maximum absolute atomic E-state index is 12.0. The van der Waals surface area contributed by atoms with E-state index in [0.29, 0.717) is 22.4 Å². The summed E-state index contributed by atoms with van der Waals surface area (Å²) in [5.41, 5.74) is 0.701. The second kappa shape index (κ2) is 9.96. The highest BCUT2D eigenvalue weighted by atomic mass is 32.2. The Balaban J connectivity index is 3.38. The molecule has 0 saturated heterocycles. The van der Waals surface area contributed by atoms with Crippen LogP contribution in [-0.2, 0) is 19.3 Å². The molecular weight excluding hydrogens is 442 g/mol. The molecule has 0 radical (unpaired) electrons. The van der Waals surface area contributed by atoms with Gasteiger partial charge in [-0.3, -0.25) is 19.1 Å². The lowest BCUT2D eigenvalue weighted by atomic mass is 9.78. The lowest BCUT2D eigenvalue weighted by Crippen LogP contribution is -2.23. The summed E-state index contributed by atoms with van der Waals surface area (Å²) in [4.78, 5) is 48.5. The van der Waals surface area contributed by atoms with Crippen LogP contribution in [0.2, 0.25) is 0 Å². The molecule has 166 valence electrons. The van der Waals surface area contributed by atoms with Crippen LogP contribution in [0.3, 0.4) is 0 Å². The van der Waals surface area contributed by atoms with Crippen molar-refractivity contribution in [3.05, 3.63) is 22.8 Å². The normalized spacial score (nSPS) is 12.7. The number of phosphoric ester groups is 1.